The minimum Gasteiger partial charge on any atom is -0.496 e. The van der Waals surface area contributed by atoms with Crippen LogP contribution in [0.5, 0.6) is 5.75 Å². The number of methoxy groups -OCH3 is 1. The molecule has 16 heavy (non-hydrogen) atoms. The van der Waals surface area contributed by atoms with Crippen molar-refractivity contribution < 1.29 is 14.6 Å². The smallest absolute Gasteiger partial charge is 0.335 e. The lowest BCUT2D eigenvalue weighted by Gasteiger charge is -2.08. The highest BCUT2D eigenvalue weighted by atomic mass is 32.2. The summed E-state index contributed by atoms with van der Waals surface area (Å²) in [5.74, 6) is 1.72. The van der Waals surface area contributed by atoms with Crippen LogP contribution in [0.4, 0.5) is 0 Å². The van der Waals surface area contributed by atoms with E-state index in [4.69, 9.17) is 9.84 Å². The molecule has 0 aliphatic rings. The van der Waals surface area contributed by atoms with Crippen LogP contribution < -0.4 is 4.74 Å². The highest BCUT2D eigenvalue weighted by Crippen LogP contribution is 2.24. The van der Waals surface area contributed by atoms with Crippen LogP contribution in [0.2, 0.25) is 0 Å². The molecular formula is C12H16O3S. The van der Waals surface area contributed by atoms with Crippen molar-refractivity contribution in [3.8, 4) is 5.75 Å². The molecule has 0 radical (unpaired) electrons. The second-order valence-electron chi connectivity index (χ2n) is 3.38. The van der Waals surface area contributed by atoms with Crippen molar-refractivity contribution in [2.75, 3.05) is 12.9 Å². The summed E-state index contributed by atoms with van der Waals surface area (Å²) in [6, 6.07) is 4.96. The number of aromatic carboxylic acids is 1. The average molecular weight is 240 g/mol. The molecule has 0 bridgehead atoms. The van der Waals surface area contributed by atoms with E-state index in [1.165, 1.54) is 0 Å². The lowest BCUT2D eigenvalue weighted by Crippen LogP contribution is -1.99. The Kier molecular flexibility index (Phi) is 5.19. The van der Waals surface area contributed by atoms with Gasteiger partial charge in [-0.15, -0.1) is 0 Å². The molecule has 0 spiro atoms. The number of benzene rings is 1. The van der Waals surface area contributed by atoms with Gasteiger partial charge in [-0.2, -0.15) is 11.8 Å². The first kappa shape index (κ1) is 12.9. The zero-order chi connectivity index (χ0) is 12.0. The molecule has 0 saturated carbocycles. The lowest BCUT2D eigenvalue weighted by atomic mass is 10.1. The maximum atomic E-state index is 10.8. The van der Waals surface area contributed by atoms with Crippen LogP contribution in [0.3, 0.4) is 0 Å². The molecule has 0 aliphatic heterocycles. The fourth-order valence-electron chi connectivity index (χ4n) is 1.35. The molecule has 0 atom stereocenters. The summed E-state index contributed by atoms with van der Waals surface area (Å²) >= 11 is 1.78. The summed E-state index contributed by atoms with van der Waals surface area (Å²) in [5.41, 5.74) is 1.26. The molecule has 0 unspecified atom stereocenters. The van der Waals surface area contributed by atoms with Crippen LogP contribution in [0, 0.1) is 0 Å². The van der Waals surface area contributed by atoms with E-state index in [1.807, 2.05) is 0 Å². The Hall–Kier alpha value is -1.16. The molecule has 1 N–H and O–H groups in total. The molecule has 1 aromatic carbocycles. The van der Waals surface area contributed by atoms with E-state index in [0.29, 0.717) is 5.56 Å². The zero-order valence-corrected chi connectivity index (χ0v) is 10.3. The van der Waals surface area contributed by atoms with Crippen molar-refractivity contribution in [3.63, 3.8) is 0 Å². The second kappa shape index (κ2) is 6.43. The second-order valence-corrected chi connectivity index (χ2v) is 4.49. The first-order chi connectivity index (χ1) is 7.69. The van der Waals surface area contributed by atoms with Gasteiger partial charge in [-0.05, 0) is 30.4 Å². The Bertz CT molecular complexity index is 363. The quantitative estimate of drug-likeness (QED) is 0.776. The SMILES string of the molecule is CCCSCc1cc(C(=O)O)ccc1OC. The molecule has 0 fully saturated rings. The van der Waals surface area contributed by atoms with Crippen LogP contribution in [-0.4, -0.2) is 23.9 Å². The number of hydrogen-bond donors (Lipinski definition) is 1. The Balaban J connectivity index is 2.84. The number of ether oxygens (including phenoxy) is 1. The van der Waals surface area contributed by atoms with E-state index in [2.05, 4.69) is 6.92 Å². The number of carbonyl (C=O) groups is 1. The van der Waals surface area contributed by atoms with Crippen molar-refractivity contribution >= 4 is 17.7 Å². The molecule has 4 heteroatoms. The molecule has 1 aromatic rings. The Morgan fingerprint density at radius 2 is 2.25 bits per heavy atom. The summed E-state index contributed by atoms with van der Waals surface area (Å²) in [7, 11) is 1.60. The third kappa shape index (κ3) is 3.45. The predicted octanol–water partition coefficient (Wildman–Crippen LogP) is 3.04. The van der Waals surface area contributed by atoms with Crippen molar-refractivity contribution in [2.24, 2.45) is 0 Å². The fourth-order valence-corrected chi connectivity index (χ4v) is 2.23. The van der Waals surface area contributed by atoms with Crippen LogP contribution in [0.15, 0.2) is 18.2 Å². The molecule has 0 aromatic heterocycles. The average Bonchev–Trinajstić information content (AvgIpc) is 2.29. The molecule has 3 nitrogen and oxygen atoms in total. The molecular weight excluding hydrogens is 224 g/mol. The topological polar surface area (TPSA) is 46.5 Å². The summed E-state index contributed by atoms with van der Waals surface area (Å²) in [6.07, 6.45) is 1.12. The van der Waals surface area contributed by atoms with Gasteiger partial charge in [0, 0.05) is 11.3 Å². The summed E-state index contributed by atoms with van der Waals surface area (Å²) in [6.45, 7) is 2.12. The number of thioether (sulfide) groups is 1. The highest BCUT2D eigenvalue weighted by molar-refractivity contribution is 7.98. The molecule has 1 rings (SSSR count). The van der Waals surface area contributed by atoms with Gasteiger partial charge in [-0.1, -0.05) is 6.92 Å². The summed E-state index contributed by atoms with van der Waals surface area (Å²) < 4.78 is 5.20. The molecule has 0 saturated heterocycles. The molecule has 88 valence electrons. The van der Waals surface area contributed by atoms with Crippen LogP contribution in [0.1, 0.15) is 29.3 Å². The summed E-state index contributed by atoms with van der Waals surface area (Å²) in [5, 5.41) is 8.90. The van der Waals surface area contributed by atoms with Crippen molar-refractivity contribution in [3.05, 3.63) is 29.3 Å². The molecule has 0 amide bonds. The van der Waals surface area contributed by atoms with Crippen molar-refractivity contribution in [2.45, 2.75) is 19.1 Å². The number of carboxylic acids is 1. The predicted molar refractivity (Wildman–Crippen MR) is 66.4 cm³/mol. The van der Waals surface area contributed by atoms with E-state index in [-0.39, 0.29) is 0 Å². The normalized spacial score (nSPS) is 10.1. The monoisotopic (exact) mass is 240 g/mol. The van der Waals surface area contributed by atoms with Crippen LogP contribution >= 0.6 is 11.8 Å². The van der Waals surface area contributed by atoms with Gasteiger partial charge < -0.3 is 9.84 Å². The largest absolute Gasteiger partial charge is 0.496 e. The zero-order valence-electron chi connectivity index (χ0n) is 9.53. The number of carboxylic acid groups (broad SMARTS) is 1. The van der Waals surface area contributed by atoms with Crippen LogP contribution in [0.25, 0.3) is 0 Å². The number of hydrogen-bond acceptors (Lipinski definition) is 3. The third-order valence-electron chi connectivity index (χ3n) is 2.13. The first-order valence-electron chi connectivity index (χ1n) is 5.17. The first-order valence-corrected chi connectivity index (χ1v) is 6.32. The van der Waals surface area contributed by atoms with E-state index in [0.717, 1.165) is 29.2 Å². The Morgan fingerprint density at radius 3 is 2.81 bits per heavy atom. The minimum atomic E-state index is -0.899. The van der Waals surface area contributed by atoms with Gasteiger partial charge in [0.1, 0.15) is 5.75 Å². The summed E-state index contributed by atoms with van der Waals surface area (Å²) in [4.78, 5) is 10.8. The maximum Gasteiger partial charge on any atom is 0.335 e. The maximum absolute atomic E-state index is 10.8. The van der Waals surface area contributed by atoms with Gasteiger partial charge >= 0.3 is 5.97 Å². The fraction of sp³-hybridized carbons (Fsp3) is 0.417. The van der Waals surface area contributed by atoms with E-state index in [1.54, 1.807) is 37.1 Å². The van der Waals surface area contributed by atoms with Crippen LogP contribution in [-0.2, 0) is 5.75 Å². The minimum absolute atomic E-state index is 0.313. The Labute approximate surface area is 99.8 Å². The lowest BCUT2D eigenvalue weighted by molar-refractivity contribution is 0.0696. The van der Waals surface area contributed by atoms with Gasteiger partial charge in [0.2, 0.25) is 0 Å². The van der Waals surface area contributed by atoms with E-state index >= 15 is 0 Å². The Morgan fingerprint density at radius 1 is 1.50 bits per heavy atom. The van der Waals surface area contributed by atoms with Gasteiger partial charge in [0.25, 0.3) is 0 Å². The van der Waals surface area contributed by atoms with E-state index in [9.17, 15) is 4.79 Å². The standard InChI is InChI=1S/C12H16O3S/c1-3-6-16-8-10-7-9(12(13)14)4-5-11(10)15-2/h4-5,7H,3,6,8H2,1-2H3,(H,13,14). The van der Waals surface area contributed by atoms with Crippen molar-refractivity contribution in [1.29, 1.82) is 0 Å². The van der Waals surface area contributed by atoms with Gasteiger partial charge in [0.15, 0.2) is 0 Å². The van der Waals surface area contributed by atoms with Gasteiger partial charge in [0.05, 0.1) is 12.7 Å². The third-order valence-corrected chi connectivity index (χ3v) is 3.35. The highest BCUT2D eigenvalue weighted by Gasteiger charge is 2.08. The molecule has 0 heterocycles. The van der Waals surface area contributed by atoms with E-state index < -0.39 is 5.97 Å². The molecule has 0 aliphatic carbocycles. The van der Waals surface area contributed by atoms with Gasteiger partial charge in [-0.25, -0.2) is 4.79 Å². The van der Waals surface area contributed by atoms with Gasteiger partial charge in [-0.3, -0.25) is 0 Å². The van der Waals surface area contributed by atoms with Crippen molar-refractivity contribution in [1.82, 2.24) is 0 Å². The number of rotatable bonds is 6.